The van der Waals surface area contributed by atoms with Crippen LogP contribution in [0.2, 0.25) is 0 Å². The van der Waals surface area contributed by atoms with E-state index in [-0.39, 0.29) is 12.5 Å². The lowest BCUT2D eigenvalue weighted by molar-refractivity contribution is -0.128. The van der Waals surface area contributed by atoms with E-state index in [1.807, 2.05) is 64.1 Å². The molecule has 6 heteroatoms. The third-order valence-corrected chi connectivity index (χ3v) is 5.64. The predicted molar refractivity (Wildman–Crippen MR) is 110 cm³/mol. The number of benzene rings is 2. The second-order valence-corrected chi connectivity index (χ2v) is 9.16. The number of likely N-dealkylation sites (N-methyl/N-ethyl adjacent to an activating group) is 1. The van der Waals surface area contributed by atoms with Crippen LogP contribution in [-0.4, -0.2) is 39.1 Å². The average Bonchev–Trinajstić information content (AvgIpc) is 2.54. The van der Waals surface area contributed by atoms with Crippen molar-refractivity contribution in [3.05, 3.63) is 64.2 Å². The first-order valence-corrected chi connectivity index (χ1v) is 10.7. The highest BCUT2D eigenvalue weighted by atomic mass is 32.2. The van der Waals surface area contributed by atoms with E-state index >= 15 is 0 Å². The quantitative estimate of drug-likeness (QED) is 0.763. The van der Waals surface area contributed by atoms with Crippen LogP contribution >= 0.6 is 0 Å². The van der Waals surface area contributed by atoms with Gasteiger partial charge < -0.3 is 4.90 Å². The number of sulfonamides is 1. The van der Waals surface area contributed by atoms with Crippen LogP contribution in [0.25, 0.3) is 0 Å². The normalized spacial score (nSPS) is 11.3. The summed E-state index contributed by atoms with van der Waals surface area (Å²) in [5, 5.41) is 0. The van der Waals surface area contributed by atoms with Crippen molar-refractivity contribution in [1.29, 1.82) is 0 Å². The SMILES string of the molecule is Cc1ccc(CN(C)C(=O)CN(c2c(C)cc(C)cc2C)S(C)(=O)=O)cc1. The van der Waals surface area contributed by atoms with Crippen LogP contribution in [0.3, 0.4) is 0 Å². The second kappa shape index (κ2) is 8.13. The lowest BCUT2D eigenvalue weighted by Crippen LogP contribution is -2.41. The molecule has 0 aliphatic carbocycles. The van der Waals surface area contributed by atoms with Crippen molar-refractivity contribution in [2.75, 3.05) is 24.2 Å². The van der Waals surface area contributed by atoms with Crippen molar-refractivity contribution in [1.82, 2.24) is 4.90 Å². The van der Waals surface area contributed by atoms with Gasteiger partial charge in [0.05, 0.1) is 11.9 Å². The molecule has 0 saturated heterocycles. The summed E-state index contributed by atoms with van der Waals surface area (Å²) in [4.78, 5) is 14.3. The third-order valence-electron chi connectivity index (χ3n) is 4.53. The molecule has 5 nitrogen and oxygen atoms in total. The minimum Gasteiger partial charge on any atom is -0.340 e. The van der Waals surface area contributed by atoms with Gasteiger partial charge in [0.2, 0.25) is 15.9 Å². The molecule has 0 heterocycles. The van der Waals surface area contributed by atoms with Crippen molar-refractivity contribution in [2.24, 2.45) is 0 Å². The Hall–Kier alpha value is -2.34. The first kappa shape index (κ1) is 21.0. The number of hydrogen-bond donors (Lipinski definition) is 0. The van der Waals surface area contributed by atoms with Crippen LogP contribution in [0.15, 0.2) is 36.4 Å². The maximum absolute atomic E-state index is 12.8. The van der Waals surface area contributed by atoms with Gasteiger partial charge in [-0.25, -0.2) is 8.42 Å². The van der Waals surface area contributed by atoms with E-state index in [9.17, 15) is 13.2 Å². The zero-order valence-corrected chi connectivity index (χ0v) is 17.7. The van der Waals surface area contributed by atoms with Crippen LogP contribution in [0, 0.1) is 27.7 Å². The van der Waals surface area contributed by atoms with Crippen LogP contribution in [0.5, 0.6) is 0 Å². The van der Waals surface area contributed by atoms with E-state index < -0.39 is 10.0 Å². The summed E-state index contributed by atoms with van der Waals surface area (Å²) in [6, 6.07) is 11.8. The molecule has 0 unspecified atom stereocenters. The van der Waals surface area contributed by atoms with Crippen molar-refractivity contribution in [3.8, 4) is 0 Å². The number of rotatable bonds is 6. The van der Waals surface area contributed by atoms with E-state index in [1.165, 1.54) is 4.31 Å². The number of nitrogens with zero attached hydrogens (tertiary/aromatic N) is 2. The van der Waals surface area contributed by atoms with Gasteiger partial charge in [-0.2, -0.15) is 0 Å². The summed E-state index contributed by atoms with van der Waals surface area (Å²) >= 11 is 0. The second-order valence-electron chi connectivity index (χ2n) is 7.25. The predicted octanol–water partition coefficient (Wildman–Crippen LogP) is 3.34. The Morgan fingerprint density at radius 3 is 1.93 bits per heavy atom. The molecule has 27 heavy (non-hydrogen) atoms. The molecule has 0 saturated carbocycles. The summed E-state index contributed by atoms with van der Waals surface area (Å²) in [5.41, 5.74) is 5.48. The van der Waals surface area contributed by atoms with Crippen LogP contribution in [0.1, 0.15) is 27.8 Å². The molecular formula is C21H28N2O3S. The van der Waals surface area contributed by atoms with Crippen molar-refractivity contribution < 1.29 is 13.2 Å². The van der Waals surface area contributed by atoms with Gasteiger partial charge >= 0.3 is 0 Å². The molecule has 0 radical (unpaired) electrons. The van der Waals surface area contributed by atoms with Crippen LogP contribution in [-0.2, 0) is 21.4 Å². The molecule has 0 bridgehead atoms. The Morgan fingerprint density at radius 2 is 1.44 bits per heavy atom. The first-order valence-electron chi connectivity index (χ1n) is 8.84. The molecule has 0 aliphatic rings. The Kier molecular flexibility index (Phi) is 6.31. The van der Waals surface area contributed by atoms with Crippen molar-refractivity contribution in [2.45, 2.75) is 34.2 Å². The fourth-order valence-electron chi connectivity index (χ4n) is 3.23. The summed E-state index contributed by atoms with van der Waals surface area (Å²) < 4.78 is 26.1. The largest absolute Gasteiger partial charge is 0.340 e. The Labute approximate surface area is 162 Å². The Morgan fingerprint density at radius 1 is 0.926 bits per heavy atom. The van der Waals surface area contributed by atoms with E-state index in [0.29, 0.717) is 12.2 Å². The van der Waals surface area contributed by atoms with Crippen LogP contribution < -0.4 is 4.31 Å². The molecule has 2 aromatic carbocycles. The molecule has 0 spiro atoms. The van der Waals surface area contributed by atoms with E-state index in [2.05, 4.69) is 0 Å². The minimum atomic E-state index is -3.60. The van der Waals surface area contributed by atoms with Crippen molar-refractivity contribution >= 4 is 21.6 Å². The molecule has 2 rings (SSSR count). The molecule has 1 amide bonds. The summed E-state index contributed by atoms with van der Waals surface area (Å²) in [5.74, 6) is -0.250. The standard InChI is InChI=1S/C21H28N2O3S/c1-15-7-9-19(10-8-15)13-22(5)20(24)14-23(27(6,25)26)21-17(3)11-16(2)12-18(21)4/h7-12H,13-14H2,1-6H3. The summed E-state index contributed by atoms with van der Waals surface area (Å²) in [6.07, 6.45) is 1.14. The van der Waals surface area contributed by atoms with Gasteiger partial charge in [-0.05, 0) is 44.4 Å². The molecular weight excluding hydrogens is 360 g/mol. The maximum Gasteiger partial charge on any atom is 0.243 e. The van der Waals surface area contributed by atoms with Crippen molar-refractivity contribution in [3.63, 3.8) is 0 Å². The number of anilines is 1. The Balaban J connectivity index is 2.26. The first-order chi connectivity index (χ1) is 12.5. The smallest absolute Gasteiger partial charge is 0.243 e. The van der Waals surface area contributed by atoms with Gasteiger partial charge in [-0.3, -0.25) is 9.10 Å². The van der Waals surface area contributed by atoms with Crippen LogP contribution in [0.4, 0.5) is 5.69 Å². The molecule has 146 valence electrons. The lowest BCUT2D eigenvalue weighted by atomic mass is 10.1. The fourth-order valence-corrected chi connectivity index (χ4v) is 4.19. The molecule has 0 aliphatic heterocycles. The molecule has 0 fully saturated rings. The third kappa shape index (κ3) is 5.32. The Bertz CT molecular complexity index is 911. The van der Waals surface area contributed by atoms with Gasteiger partial charge in [0, 0.05) is 13.6 Å². The fraction of sp³-hybridized carbons (Fsp3) is 0.381. The van der Waals surface area contributed by atoms with E-state index in [0.717, 1.165) is 34.1 Å². The van der Waals surface area contributed by atoms with Gasteiger partial charge in [0.25, 0.3) is 0 Å². The summed E-state index contributed by atoms with van der Waals surface area (Å²) in [6.45, 7) is 7.93. The number of hydrogen-bond acceptors (Lipinski definition) is 3. The average molecular weight is 389 g/mol. The zero-order chi connectivity index (χ0) is 20.4. The van der Waals surface area contributed by atoms with Gasteiger partial charge in [-0.1, -0.05) is 47.5 Å². The number of carbonyl (C=O) groups excluding carboxylic acids is 1. The monoisotopic (exact) mass is 388 g/mol. The highest BCUT2D eigenvalue weighted by Gasteiger charge is 2.25. The maximum atomic E-state index is 12.8. The van der Waals surface area contributed by atoms with Gasteiger partial charge in [-0.15, -0.1) is 0 Å². The highest BCUT2D eigenvalue weighted by Crippen LogP contribution is 2.28. The van der Waals surface area contributed by atoms with Gasteiger partial charge in [0.1, 0.15) is 6.54 Å². The number of amides is 1. The lowest BCUT2D eigenvalue weighted by Gasteiger charge is -2.28. The minimum absolute atomic E-state index is 0.216. The molecule has 0 atom stereocenters. The topological polar surface area (TPSA) is 57.7 Å². The van der Waals surface area contributed by atoms with E-state index in [1.54, 1.807) is 11.9 Å². The highest BCUT2D eigenvalue weighted by molar-refractivity contribution is 7.92. The zero-order valence-electron chi connectivity index (χ0n) is 16.9. The summed E-state index contributed by atoms with van der Waals surface area (Å²) in [7, 11) is -1.91. The number of aryl methyl sites for hydroxylation is 4. The van der Waals surface area contributed by atoms with Gasteiger partial charge in [0.15, 0.2) is 0 Å². The molecule has 0 N–H and O–H groups in total. The van der Waals surface area contributed by atoms with E-state index in [4.69, 9.17) is 0 Å². The molecule has 0 aromatic heterocycles. The molecule has 2 aromatic rings. The number of carbonyl (C=O) groups is 1.